The smallest absolute Gasteiger partial charge is 0.420 e. The molecule has 1 aromatic heterocycles. The average molecular weight is 442 g/mol. The number of carbonyl (C=O) groups is 1. The summed E-state index contributed by atoms with van der Waals surface area (Å²) in [4.78, 5) is 27.2. The highest BCUT2D eigenvalue weighted by Crippen LogP contribution is 2.28. The van der Waals surface area contributed by atoms with Gasteiger partial charge in [0, 0.05) is 13.1 Å². The van der Waals surface area contributed by atoms with Gasteiger partial charge in [-0.3, -0.25) is 9.36 Å². The Morgan fingerprint density at radius 3 is 2.62 bits per heavy atom. The third kappa shape index (κ3) is 5.31. The van der Waals surface area contributed by atoms with E-state index in [0.717, 1.165) is 25.2 Å². The maximum Gasteiger partial charge on any atom is 0.420 e. The van der Waals surface area contributed by atoms with Crippen molar-refractivity contribution >= 4 is 17.0 Å². The summed E-state index contributed by atoms with van der Waals surface area (Å²) in [5.41, 5.74) is 1.91. The highest BCUT2D eigenvalue weighted by atomic mass is 16.5. The van der Waals surface area contributed by atoms with E-state index in [2.05, 4.69) is 24.1 Å². The summed E-state index contributed by atoms with van der Waals surface area (Å²) >= 11 is 0. The Labute approximate surface area is 187 Å². The molecule has 1 amide bonds. The number of amides is 1. The fourth-order valence-corrected chi connectivity index (χ4v) is 3.57. The molecule has 0 bridgehead atoms. The van der Waals surface area contributed by atoms with E-state index in [0.29, 0.717) is 35.8 Å². The van der Waals surface area contributed by atoms with Gasteiger partial charge in [-0.1, -0.05) is 32.0 Å². The molecule has 8 nitrogen and oxygen atoms in total. The van der Waals surface area contributed by atoms with Crippen LogP contribution in [0.2, 0.25) is 0 Å². The van der Waals surface area contributed by atoms with Gasteiger partial charge in [-0.25, -0.2) is 4.79 Å². The van der Waals surface area contributed by atoms with Gasteiger partial charge in [0.1, 0.15) is 12.6 Å². The number of likely N-dealkylation sites (N-methyl/N-ethyl adjacent to an activating group) is 1. The molecule has 0 aliphatic rings. The summed E-state index contributed by atoms with van der Waals surface area (Å²) in [5, 5.41) is 2.88. The van der Waals surface area contributed by atoms with Crippen molar-refractivity contribution < 1.29 is 18.7 Å². The Hall–Kier alpha value is -3.26. The second-order valence-electron chi connectivity index (χ2n) is 7.46. The van der Waals surface area contributed by atoms with Crippen LogP contribution in [0.1, 0.15) is 32.4 Å². The van der Waals surface area contributed by atoms with Gasteiger partial charge in [0.2, 0.25) is 5.91 Å². The van der Waals surface area contributed by atoms with Crippen LogP contribution in [0, 0.1) is 0 Å². The lowest BCUT2D eigenvalue weighted by Crippen LogP contribution is -2.34. The number of benzene rings is 2. The van der Waals surface area contributed by atoms with Gasteiger partial charge >= 0.3 is 5.76 Å². The lowest BCUT2D eigenvalue weighted by atomic mass is 10.2. The molecule has 2 aromatic carbocycles. The van der Waals surface area contributed by atoms with Crippen molar-refractivity contribution in [1.82, 2.24) is 14.8 Å². The number of fused-ring (bicyclic) bond motifs is 1. The molecule has 0 aliphatic carbocycles. The molecular formula is C24H31N3O5. The first-order valence-corrected chi connectivity index (χ1v) is 10.9. The SMILES string of the molecule is CCN(CC)CCOc1ccc(CNC(=O)C(C)n2c(=O)oc3ccccc32)cc1OC. The normalized spacial score (nSPS) is 12.2. The van der Waals surface area contributed by atoms with E-state index in [1.165, 1.54) is 4.57 Å². The number of nitrogens with zero attached hydrogens (tertiary/aromatic N) is 2. The van der Waals surface area contributed by atoms with Crippen LogP contribution in [-0.2, 0) is 11.3 Å². The minimum absolute atomic E-state index is 0.280. The number of rotatable bonds is 11. The van der Waals surface area contributed by atoms with Crippen LogP contribution in [0.3, 0.4) is 0 Å². The zero-order valence-corrected chi connectivity index (χ0v) is 19.1. The molecule has 0 saturated heterocycles. The zero-order chi connectivity index (χ0) is 23.1. The maximum absolute atomic E-state index is 12.7. The number of aromatic nitrogens is 1. The van der Waals surface area contributed by atoms with Gasteiger partial charge in [-0.15, -0.1) is 0 Å². The van der Waals surface area contributed by atoms with Crippen LogP contribution in [-0.4, -0.2) is 48.7 Å². The van der Waals surface area contributed by atoms with Gasteiger partial charge in [-0.05, 0) is 49.8 Å². The number of carbonyl (C=O) groups excluding carboxylic acids is 1. The molecule has 1 unspecified atom stereocenters. The highest BCUT2D eigenvalue weighted by Gasteiger charge is 2.21. The maximum atomic E-state index is 12.7. The molecule has 0 radical (unpaired) electrons. The van der Waals surface area contributed by atoms with Gasteiger partial charge in [0.25, 0.3) is 0 Å². The first-order chi connectivity index (χ1) is 15.5. The summed E-state index contributed by atoms with van der Waals surface area (Å²) in [6.07, 6.45) is 0. The highest BCUT2D eigenvalue weighted by molar-refractivity contribution is 5.82. The topological polar surface area (TPSA) is 85.9 Å². The standard InChI is InChI=1S/C24H31N3O5/c1-5-26(6-2)13-14-31-21-12-11-18(15-22(21)30-4)16-25-23(28)17(3)27-19-9-7-8-10-20(19)32-24(27)29/h7-12,15,17H,5-6,13-14,16H2,1-4H3,(H,25,28). The van der Waals surface area contributed by atoms with Crippen molar-refractivity contribution in [3.8, 4) is 11.5 Å². The fraction of sp³-hybridized carbons (Fsp3) is 0.417. The molecule has 0 aliphatic heterocycles. The number of methoxy groups -OCH3 is 1. The second-order valence-corrected chi connectivity index (χ2v) is 7.46. The van der Waals surface area contributed by atoms with Crippen molar-refractivity contribution in [2.45, 2.75) is 33.4 Å². The molecule has 172 valence electrons. The minimum Gasteiger partial charge on any atom is -0.493 e. The molecule has 1 heterocycles. The predicted molar refractivity (Wildman–Crippen MR) is 123 cm³/mol. The molecular weight excluding hydrogens is 410 g/mol. The second kappa shape index (κ2) is 10.9. The Balaban J connectivity index is 1.62. The molecule has 32 heavy (non-hydrogen) atoms. The molecule has 1 N–H and O–H groups in total. The summed E-state index contributed by atoms with van der Waals surface area (Å²) in [7, 11) is 1.59. The third-order valence-corrected chi connectivity index (χ3v) is 5.54. The zero-order valence-electron chi connectivity index (χ0n) is 19.1. The van der Waals surface area contributed by atoms with E-state index >= 15 is 0 Å². The number of hydrogen-bond acceptors (Lipinski definition) is 6. The van der Waals surface area contributed by atoms with E-state index in [9.17, 15) is 9.59 Å². The fourth-order valence-electron chi connectivity index (χ4n) is 3.57. The van der Waals surface area contributed by atoms with Gasteiger partial charge < -0.3 is 24.1 Å². The Morgan fingerprint density at radius 2 is 1.91 bits per heavy atom. The number of hydrogen-bond donors (Lipinski definition) is 1. The predicted octanol–water partition coefficient (Wildman–Crippen LogP) is 3.20. The summed E-state index contributed by atoms with van der Waals surface area (Å²) < 4.78 is 17.9. The van der Waals surface area contributed by atoms with Crippen molar-refractivity contribution in [1.29, 1.82) is 0 Å². The molecule has 0 fully saturated rings. The lowest BCUT2D eigenvalue weighted by Gasteiger charge is -2.19. The molecule has 3 rings (SSSR count). The van der Waals surface area contributed by atoms with E-state index in [1.807, 2.05) is 18.2 Å². The van der Waals surface area contributed by atoms with Crippen LogP contribution in [0.4, 0.5) is 0 Å². The Morgan fingerprint density at radius 1 is 1.16 bits per heavy atom. The van der Waals surface area contributed by atoms with Crippen LogP contribution in [0.25, 0.3) is 11.1 Å². The summed E-state index contributed by atoms with van der Waals surface area (Å²) in [6.45, 7) is 9.59. The summed E-state index contributed by atoms with van der Waals surface area (Å²) in [5.74, 6) is 0.444. The number of ether oxygens (including phenoxy) is 2. The molecule has 3 aromatic rings. The van der Waals surface area contributed by atoms with Crippen LogP contribution in [0.15, 0.2) is 51.7 Å². The van der Waals surface area contributed by atoms with E-state index in [1.54, 1.807) is 38.3 Å². The third-order valence-electron chi connectivity index (χ3n) is 5.54. The lowest BCUT2D eigenvalue weighted by molar-refractivity contribution is -0.124. The van der Waals surface area contributed by atoms with Gasteiger partial charge in [0.15, 0.2) is 17.1 Å². The summed E-state index contributed by atoms with van der Waals surface area (Å²) in [6, 6.07) is 11.9. The van der Waals surface area contributed by atoms with Crippen molar-refractivity contribution in [2.24, 2.45) is 0 Å². The number of oxazole rings is 1. The Kier molecular flexibility index (Phi) is 7.94. The first-order valence-electron chi connectivity index (χ1n) is 10.9. The quantitative estimate of drug-likeness (QED) is 0.492. The molecule has 1 atom stereocenters. The van der Waals surface area contributed by atoms with Crippen molar-refractivity contribution in [3.63, 3.8) is 0 Å². The van der Waals surface area contributed by atoms with Crippen molar-refractivity contribution in [2.75, 3.05) is 33.4 Å². The molecule has 0 spiro atoms. The largest absolute Gasteiger partial charge is 0.493 e. The molecule has 0 saturated carbocycles. The van der Waals surface area contributed by atoms with Crippen LogP contribution in [0.5, 0.6) is 11.5 Å². The van der Waals surface area contributed by atoms with Crippen LogP contribution >= 0.6 is 0 Å². The van der Waals surface area contributed by atoms with E-state index < -0.39 is 11.8 Å². The van der Waals surface area contributed by atoms with E-state index in [4.69, 9.17) is 13.9 Å². The van der Waals surface area contributed by atoms with Gasteiger partial charge in [0.05, 0.1) is 12.6 Å². The number of para-hydroxylation sites is 2. The monoisotopic (exact) mass is 441 g/mol. The minimum atomic E-state index is -0.712. The van der Waals surface area contributed by atoms with Crippen LogP contribution < -0.4 is 20.5 Å². The average Bonchev–Trinajstić information content (AvgIpc) is 3.15. The first kappa shape index (κ1) is 23.4. The Bertz CT molecular complexity index is 1100. The van der Waals surface area contributed by atoms with Gasteiger partial charge in [-0.2, -0.15) is 0 Å². The molecule has 8 heteroatoms. The van der Waals surface area contributed by atoms with Crippen molar-refractivity contribution in [3.05, 3.63) is 58.6 Å². The number of nitrogens with one attached hydrogen (secondary N) is 1. The van der Waals surface area contributed by atoms with E-state index in [-0.39, 0.29) is 5.91 Å².